The van der Waals surface area contributed by atoms with Crippen LogP contribution in [-0.4, -0.2) is 20.9 Å². The first kappa shape index (κ1) is 24.1. The molecule has 3 N–H and O–H groups in total. The van der Waals surface area contributed by atoms with Crippen LogP contribution in [0, 0.1) is 0 Å². The van der Waals surface area contributed by atoms with Crippen molar-refractivity contribution >= 4 is 5.57 Å². The minimum Gasteiger partial charge on any atom is -0.489 e. The van der Waals surface area contributed by atoms with Gasteiger partial charge in [-0.05, 0) is 78.1 Å². The lowest BCUT2D eigenvalue weighted by Crippen LogP contribution is -2.25. The van der Waals surface area contributed by atoms with Gasteiger partial charge in [-0.15, -0.1) is 0 Å². The third-order valence-electron chi connectivity index (χ3n) is 5.92. The van der Waals surface area contributed by atoms with Gasteiger partial charge >= 0.3 is 0 Å². The summed E-state index contributed by atoms with van der Waals surface area (Å²) >= 11 is 0. The topological polar surface area (TPSA) is 69.9 Å². The Bertz CT molecular complexity index is 822. The highest BCUT2D eigenvalue weighted by Crippen LogP contribution is 2.26. The molecule has 30 heavy (non-hydrogen) atoms. The molecule has 4 nitrogen and oxygen atoms in total. The van der Waals surface area contributed by atoms with E-state index in [-0.39, 0.29) is 13.2 Å². The number of aliphatic hydroxyl groups excluding tert-OH is 2. The summed E-state index contributed by atoms with van der Waals surface area (Å²) in [6, 6.07) is 13.7. The van der Waals surface area contributed by atoms with Crippen LogP contribution in [0.15, 0.2) is 48.5 Å². The van der Waals surface area contributed by atoms with Gasteiger partial charge in [-0.2, -0.15) is 0 Å². The second kappa shape index (κ2) is 11.9. The summed E-state index contributed by atoms with van der Waals surface area (Å²) in [5, 5.41) is 29.3. The van der Waals surface area contributed by atoms with Gasteiger partial charge in [0, 0.05) is 0 Å². The van der Waals surface area contributed by atoms with Crippen molar-refractivity contribution in [2.75, 3.05) is 0 Å². The van der Waals surface area contributed by atoms with Crippen LogP contribution in [0.25, 0.3) is 5.57 Å². The molecule has 0 aliphatic rings. The Morgan fingerprint density at radius 1 is 0.967 bits per heavy atom. The molecule has 0 amide bonds. The van der Waals surface area contributed by atoms with E-state index in [2.05, 4.69) is 25.1 Å². The molecule has 0 aliphatic carbocycles. The molecule has 4 heteroatoms. The minimum atomic E-state index is -0.565. The van der Waals surface area contributed by atoms with Gasteiger partial charge in [0.1, 0.15) is 12.4 Å². The number of ether oxygens (including phenoxy) is 1. The van der Waals surface area contributed by atoms with E-state index >= 15 is 0 Å². The SMILES string of the molecule is CCC(=CCCC(O)(CC)CC)c1cccc(COc2ccc(CO)c(CO)c2)c1. The van der Waals surface area contributed by atoms with Crippen molar-refractivity contribution < 1.29 is 20.1 Å². The Labute approximate surface area is 180 Å². The molecule has 0 spiro atoms. The maximum Gasteiger partial charge on any atom is 0.120 e. The quantitative estimate of drug-likeness (QED) is 0.438. The van der Waals surface area contributed by atoms with Crippen molar-refractivity contribution in [3.63, 3.8) is 0 Å². The van der Waals surface area contributed by atoms with E-state index in [0.29, 0.717) is 23.5 Å². The predicted octanol–water partition coefficient (Wildman–Crippen LogP) is 5.37. The predicted molar refractivity (Wildman–Crippen MR) is 122 cm³/mol. The highest BCUT2D eigenvalue weighted by molar-refractivity contribution is 5.65. The molecule has 0 saturated carbocycles. The van der Waals surface area contributed by atoms with Crippen LogP contribution in [0.3, 0.4) is 0 Å². The first-order valence-corrected chi connectivity index (χ1v) is 11.0. The number of benzene rings is 2. The van der Waals surface area contributed by atoms with Gasteiger partial charge in [0.2, 0.25) is 0 Å². The molecule has 0 aliphatic heterocycles. The summed E-state index contributed by atoms with van der Waals surface area (Å²) in [5.74, 6) is 0.673. The van der Waals surface area contributed by atoms with Gasteiger partial charge in [0.25, 0.3) is 0 Å². The van der Waals surface area contributed by atoms with Crippen LogP contribution in [-0.2, 0) is 19.8 Å². The van der Waals surface area contributed by atoms with Gasteiger partial charge in [-0.25, -0.2) is 0 Å². The Hall–Kier alpha value is -2.14. The van der Waals surface area contributed by atoms with Crippen molar-refractivity contribution in [2.45, 2.75) is 78.3 Å². The van der Waals surface area contributed by atoms with Crippen LogP contribution in [0.1, 0.15) is 75.1 Å². The Balaban J connectivity index is 2.06. The zero-order chi connectivity index (χ0) is 22.0. The molecule has 2 aromatic carbocycles. The zero-order valence-corrected chi connectivity index (χ0v) is 18.5. The molecule has 0 unspecified atom stereocenters. The molecule has 0 radical (unpaired) electrons. The number of allylic oxidation sites excluding steroid dienone is 2. The van der Waals surface area contributed by atoms with E-state index in [9.17, 15) is 15.3 Å². The van der Waals surface area contributed by atoms with Crippen LogP contribution >= 0.6 is 0 Å². The van der Waals surface area contributed by atoms with Crippen molar-refractivity contribution in [1.82, 2.24) is 0 Å². The Kier molecular flexibility index (Phi) is 9.57. The molecular weight excluding hydrogens is 376 g/mol. The van der Waals surface area contributed by atoms with Crippen LogP contribution in [0.5, 0.6) is 5.75 Å². The van der Waals surface area contributed by atoms with Crippen LogP contribution < -0.4 is 4.74 Å². The highest BCUT2D eigenvalue weighted by Gasteiger charge is 2.20. The highest BCUT2D eigenvalue weighted by atomic mass is 16.5. The largest absolute Gasteiger partial charge is 0.489 e. The van der Waals surface area contributed by atoms with Crippen LogP contribution in [0.4, 0.5) is 0 Å². The standard InChI is InChI=1S/C26H36O4/c1-4-21(11-8-14-26(29,5-2)6-3)22-10-7-9-20(15-22)19-30-25-13-12-23(17-27)24(16-25)18-28/h7,9-13,15-16,27-29H,4-6,8,14,17-19H2,1-3H3. The first-order valence-electron chi connectivity index (χ1n) is 11.0. The number of rotatable bonds is 12. The van der Waals surface area contributed by atoms with Gasteiger partial charge in [-0.3, -0.25) is 0 Å². The molecule has 0 saturated heterocycles. The average molecular weight is 413 g/mol. The molecule has 164 valence electrons. The fourth-order valence-corrected chi connectivity index (χ4v) is 3.61. The van der Waals surface area contributed by atoms with E-state index in [1.807, 2.05) is 32.0 Å². The summed E-state index contributed by atoms with van der Waals surface area (Å²) < 4.78 is 5.91. The lowest BCUT2D eigenvalue weighted by Gasteiger charge is -2.24. The first-order chi connectivity index (χ1) is 14.5. The maximum atomic E-state index is 10.5. The number of hydrogen-bond acceptors (Lipinski definition) is 4. The van der Waals surface area contributed by atoms with Gasteiger partial charge in [-0.1, -0.05) is 51.1 Å². The summed E-state index contributed by atoms with van der Waals surface area (Å²) in [6.07, 6.45) is 6.39. The molecule has 0 aromatic heterocycles. The molecule has 0 bridgehead atoms. The van der Waals surface area contributed by atoms with E-state index in [0.717, 1.165) is 37.7 Å². The van der Waals surface area contributed by atoms with Gasteiger partial charge in [0.15, 0.2) is 0 Å². The fourth-order valence-electron chi connectivity index (χ4n) is 3.61. The monoisotopic (exact) mass is 412 g/mol. The molecule has 2 rings (SSSR count). The average Bonchev–Trinajstić information content (AvgIpc) is 2.80. The molecular formula is C26H36O4. The zero-order valence-electron chi connectivity index (χ0n) is 18.5. The lowest BCUT2D eigenvalue weighted by atomic mass is 9.90. The van der Waals surface area contributed by atoms with Crippen molar-refractivity contribution in [3.8, 4) is 5.75 Å². The Morgan fingerprint density at radius 3 is 2.33 bits per heavy atom. The summed E-state index contributed by atoms with van der Waals surface area (Å²) in [4.78, 5) is 0. The number of hydrogen-bond donors (Lipinski definition) is 3. The fraction of sp³-hybridized carbons (Fsp3) is 0.462. The van der Waals surface area contributed by atoms with E-state index < -0.39 is 5.60 Å². The molecule has 0 atom stereocenters. The van der Waals surface area contributed by atoms with Gasteiger partial charge < -0.3 is 20.1 Å². The molecule has 0 fully saturated rings. The van der Waals surface area contributed by atoms with E-state index in [1.165, 1.54) is 11.1 Å². The third kappa shape index (κ3) is 6.69. The third-order valence-corrected chi connectivity index (χ3v) is 5.92. The molecule has 2 aromatic rings. The van der Waals surface area contributed by atoms with Crippen molar-refractivity contribution in [2.24, 2.45) is 0 Å². The summed E-state index contributed by atoms with van der Waals surface area (Å²) in [5.41, 5.74) is 4.36. The second-order valence-electron chi connectivity index (χ2n) is 7.79. The Morgan fingerprint density at radius 2 is 1.70 bits per heavy atom. The minimum absolute atomic E-state index is 0.0989. The number of aliphatic hydroxyl groups is 3. The van der Waals surface area contributed by atoms with E-state index in [4.69, 9.17) is 4.74 Å². The van der Waals surface area contributed by atoms with Crippen molar-refractivity contribution in [1.29, 1.82) is 0 Å². The van der Waals surface area contributed by atoms with E-state index in [1.54, 1.807) is 12.1 Å². The van der Waals surface area contributed by atoms with Crippen molar-refractivity contribution in [3.05, 3.63) is 70.8 Å². The normalized spacial score (nSPS) is 12.3. The second-order valence-corrected chi connectivity index (χ2v) is 7.79. The lowest BCUT2D eigenvalue weighted by molar-refractivity contribution is 0.0246. The maximum absolute atomic E-state index is 10.5. The summed E-state index contributed by atoms with van der Waals surface area (Å²) in [7, 11) is 0. The van der Waals surface area contributed by atoms with Gasteiger partial charge in [0.05, 0.1) is 18.8 Å². The summed E-state index contributed by atoms with van der Waals surface area (Å²) in [6.45, 7) is 6.44. The molecule has 0 heterocycles. The van der Waals surface area contributed by atoms with Crippen LogP contribution in [0.2, 0.25) is 0 Å². The smallest absolute Gasteiger partial charge is 0.120 e.